The van der Waals surface area contributed by atoms with Crippen molar-refractivity contribution < 1.29 is 9.47 Å². The van der Waals surface area contributed by atoms with Crippen LogP contribution in [-0.2, 0) is 5.41 Å². The van der Waals surface area contributed by atoms with E-state index in [9.17, 15) is 0 Å². The Morgan fingerprint density at radius 3 is 1.91 bits per heavy atom. The van der Waals surface area contributed by atoms with Gasteiger partial charge in [0.15, 0.2) is 17.3 Å². The van der Waals surface area contributed by atoms with Gasteiger partial charge < -0.3 is 14.4 Å². The molecule has 4 aliphatic rings. The molecule has 7 aromatic rings. The molecule has 11 rings (SSSR count). The number of hydrogen-bond acceptors (Lipinski definition) is 3. The minimum atomic E-state index is -0.437. The van der Waals surface area contributed by atoms with Crippen LogP contribution >= 0.6 is 0 Å². The second kappa shape index (κ2) is 13.0. The fraction of sp³-hybridized carbons (Fsp3) is 0.0741. The first-order valence-corrected chi connectivity index (χ1v) is 19.8. The summed E-state index contributed by atoms with van der Waals surface area (Å²) in [6.45, 7) is 6.30. The third kappa shape index (κ3) is 4.92. The van der Waals surface area contributed by atoms with Gasteiger partial charge in [0.25, 0.3) is 0 Å². The van der Waals surface area contributed by atoms with Gasteiger partial charge in [-0.2, -0.15) is 0 Å². The van der Waals surface area contributed by atoms with Crippen LogP contribution in [0.3, 0.4) is 0 Å². The molecule has 57 heavy (non-hydrogen) atoms. The summed E-state index contributed by atoms with van der Waals surface area (Å²) in [4.78, 5) is 2.38. The van der Waals surface area contributed by atoms with Crippen molar-refractivity contribution in [2.24, 2.45) is 0 Å². The van der Waals surface area contributed by atoms with E-state index >= 15 is 0 Å². The number of hydrogen-bond donors (Lipinski definition) is 0. The first-order chi connectivity index (χ1) is 28.1. The smallest absolute Gasteiger partial charge is 0.177 e. The highest BCUT2D eigenvalue weighted by atomic mass is 16.6. The van der Waals surface area contributed by atoms with E-state index in [-0.39, 0.29) is 0 Å². The van der Waals surface area contributed by atoms with Crippen LogP contribution in [0.15, 0.2) is 206 Å². The van der Waals surface area contributed by atoms with E-state index in [4.69, 9.17) is 9.47 Å². The predicted octanol–water partition coefficient (Wildman–Crippen LogP) is 13.8. The van der Waals surface area contributed by atoms with Crippen molar-refractivity contribution in [2.45, 2.75) is 25.2 Å². The predicted molar refractivity (Wildman–Crippen MR) is 233 cm³/mol. The number of para-hydroxylation sites is 1. The van der Waals surface area contributed by atoms with Gasteiger partial charge in [0.05, 0.1) is 11.1 Å². The maximum atomic E-state index is 7.09. The molecular weight excluding hydrogens is 695 g/mol. The number of ether oxygens (including phenoxy) is 2. The molecule has 1 aliphatic heterocycles. The zero-order valence-electron chi connectivity index (χ0n) is 31.7. The molecule has 0 radical (unpaired) electrons. The SMILES string of the molecule is C=C(/C=C\C)c1ccc(N(C2=CC3=C(CC2)Oc2c(ccc4c2-c2ccccc2C42c4ccccc4-c4ccccc42)O3)c2ccccc2-c2ccccc2)cc1. The molecule has 0 saturated carbocycles. The van der Waals surface area contributed by atoms with Gasteiger partial charge in [-0.1, -0.05) is 158 Å². The molecule has 0 fully saturated rings. The normalized spacial score (nSPS) is 15.1. The summed E-state index contributed by atoms with van der Waals surface area (Å²) in [5, 5.41) is 0. The third-order valence-corrected chi connectivity index (χ3v) is 12.1. The van der Waals surface area contributed by atoms with Crippen LogP contribution in [0.1, 0.15) is 47.6 Å². The first-order valence-electron chi connectivity index (χ1n) is 19.8. The zero-order chi connectivity index (χ0) is 38.1. The Balaban J connectivity index is 1.04. The Labute approximate surface area is 333 Å². The Kier molecular flexibility index (Phi) is 7.58. The number of rotatable bonds is 6. The summed E-state index contributed by atoms with van der Waals surface area (Å²) in [7, 11) is 0. The van der Waals surface area contributed by atoms with E-state index in [0.717, 1.165) is 74.3 Å². The maximum Gasteiger partial charge on any atom is 0.177 e. The molecular formula is C54H39NO2. The lowest BCUT2D eigenvalue weighted by Gasteiger charge is -2.34. The van der Waals surface area contributed by atoms with Crippen LogP contribution < -0.4 is 14.4 Å². The highest BCUT2D eigenvalue weighted by molar-refractivity contribution is 5.97. The minimum Gasteiger partial charge on any atom is -0.453 e. The molecule has 1 spiro atoms. The average molecular weight is 734 g/mol. The monoisotopic (exact) mass is 733 g/mol. The van der Waals surface area contributed by atoms with Crippen LogP contribution in [-0.4, -0.2) is 0 Å². The van der Waals surface area contributed by atoms with Gasteiger partial charge in [-0.15, -0.1) is 0 Å². The van der Waals surface area contributed by atoms with Gasteiger partial charge in [0.2, 0.25) is 0 Å². The zero-order valence-corrected chi connectivity index (χ0v) is 31.7. The average Bonchev–Trinajstić information content (AvgIpc) is 3.74. The molecule has 0 N–H and O–H groups in total. The number of benzene rings is 7. The largest absolute Gasteiger partial charge is 0.453 e. The van der Waals surface area contributed by atoms with Crippen LogP contribution in [0.2, 0.25) is 0 Å². The molecule has 0 aromatic heterocycles. The van der Waals surface area contributed by atoms with Gasteiger partial charge in [-0.25, -0.2) is 0 Å². The molecule has 0 atom stereocenters. The lowest BCUT2D eigenvalue weighted by Crippen LogP contribution is -2.26. The van der Waals surface area contributed by atoms with Crippen LogP contribution in [0.4, 0.5) is 11.4 Å². The van der Waals surface area contributed by atoms with Gasteiger partial charge >= 0.3 is 0 Å². The van der Waals surface area contributed by atoms with Crippen molar-refractivity contribution in [2.75, 3.05) is 4.90 Å². The number of nitrogens with zero attached hydrogens (tertiary/aromatic N) is 1. The second-order valence-electron chi connectivity index (χ2n) is 15.1. The van der Waals surface area contributed by atoms with Crippen molar-refractivity contribution in [3.8, 4) is 44.9 Å². The van der Waals surface area contributed by atoms with Gasteiger partial charge in [-0.05, 0) is 93.3 Å². The lowest BCUT2D eigenvalue weighted by atomic mass is 9.70. The Morgan fingerprint density at radius 1 is 0.596 bits per heavy atom. The molecule has 3 aliphatic carbocycles. The molecule has 0 unspecified atom stereocenters. The molecule has 7 aromatic carbocycles. The quantitative estimate of drug-likeness (QED) is 0.159. The molecule has 0 amide bonds. The topological polar surface area (TPSA) is 21.7 Å². The summed E-state index contributed by atoms with van der Waals surface area (Å²) in [5.41, 5.74) is 17.3. The van der Waals surface area contributed by atoms with Crippen LogP contribution in [0.25, 0.3) is 39.0 Å². The van der Waals surface area contributed by atoms with Crippen molar-refractivity contribution >= 4 is 16.9 Å². The second-order valence-corrected chi connectivity index (χ2v) is 15.1. The Morgan fingerprint density at radius 2 is 1.21 bits per heavy atom. The Hall–Kier alpha value is -7.10. The van der Waals surface area contributed by atoms with Crippen LogP contribution in [0.5, 0.6) is 11.5 Å². The lowest BCUT2D eigenvalue weighted by molar-refractivity contribution is 0.289. The fourth-order valence-corrected chi connectivity index (χ4v) is 9.70. The first kappa shape index (κ1) is 33.3. The number of fused-ring (bicyclic) bond motifs is 12. The van der Waals surface area contributed by atoms with Gasteiger partial charge in [0.1, 0.15) is 5.76 Å². The standard InChI is InChI=1S/C54H39NO2/c1-3-15-35(2)36-26-28-38(29-27-36)55(48-25-14-10-18-40(48)37-16-5-4-6-17-37)39-30-32-49-51(34-39)56-50-33-31-47-52(53(50)57-49)43-21-9-13-24-46(43)54(47)44-22-11-7-19-41(44)42-20-8-12-23-45(42)54/h3-29,31,33-34H,2,30,32H2,1H3/b15-3-. The molecule has 0 bridgehead atoms. The van der Waals surface area contributed by atoms with E-state index in [0.29, 0.717) is 6.42 Å². The van der Waals surface area contributed by atoms with Crippen LogP contribution in [0, 0.1) is 0 Å². The summed E-state index contributed by atoms with van der Waals surface area (Å²) >= 11 is 0. The highest BCUT2D eigenvalue weighted by Gasteiger charge is 2.53. The van der Waals surface area contributed by atoms with Crippen molar-refractivity contribution in [3.63, 3.8) is 0 Å². The van der Waals surface area contributed by atoms with Gasteiger partial charge in [0, 0.05) is 35.0 Å². The molecule has 0 saturated heterocycles. The van der Waals surface area contributed by atoms with E-state index in [1.54, 1.807) is 0 Å². The Bertz CT molecular complexity index is 2830. The number of anilines is 2. The number of allylic oxidation sites excluding steroid dienone is 6. The van der Waals surface area contributed by atoms with Crippen molar-refractivity contribution in [1.29, 1.82) is 0 Å². The van der Waals surface area contributed by atoms with E-state index in [1.807, 2.05) is 19.1 Å². The van der Waals surface area contributed by atoms with Crippen molar-refractivity contribution in [1.82, 2.24) is 0 Å². The molecule has 272 valence electrons. The fourth-order valence-electron chi connectivity index (χ4n) is 9.70. The summed E-state index contributed by atoms with van der Waals surface area (Å²) in [6, 6.07) is 59.0. The van der Waals surface area contributed by atoms with E-state index in [2.05, 4.69) is 181 Å². The van der Waals surface area contributed by atoms with E-state index in [1.165, 1.54) is 38.9 Å². The summed E-state index contributed by atoms with van der Waals surface area (Å²) in [5.74, 6) is 3.15. The third-order valence-electron chi connectivity index (χ3n) is 12.1. The van der Waals surface area contributed by atoms with Gasteiger partial charge in [-0.3, -0.25) is 0 Å². The van der Waals surface area contributed by atoms with E-state index < -0.39 is 5.41 Å². The minimum absolute atomic E-state index is 0.437. The maximum absolute atomic E-state index is 7.09. The molecule has 1 heterocycles. The summed E-state index contributed by atoms with van der Waals surface area (Å²) < 4.78 is 14.0. The molecule has 3 nitrogen and oxygen atoms in total. The highest BCUT2D eigenvalue weighted by Crippen LogP contribution is 2.65. The molecule has 3 heteroatoms. The summed E-state index contributed by atoms with van der Waals surface area (Å²) in [6.07, 6.45) is 7.72. The van der Waals surface area contributed by atoms with Crippen molar-refractivity contribution in [3.05, 3.63) is 234 Å².